The first-order valence-corrected chi connectivity index (χ1v) is 7.45. The van der Waals surface area contributed by atoms with Crippen LogP contribution in [0.4, 0.5) is 0 Å². The zero-order chi connectivity index (χ0) is 13.9. The lowest BCUT2D eigenvalue weighted by atomic mass is 10.1. The summed E-state index contributed by atoms with van der Waals surface area (Å²) in [5, 5.41) is 19.6. The Labute approximate surface area is 122 Å². The summed E-state index contributed by atoms with van der Waals surface area (Å²) in [6.45, 7) is 0. The number of aromatic nitrogens is 2. The van der Waals surface area contributed by atoms with Crippen molar-refractivity contribution < 1.29 is 4.79 Å². The van der Waals surface area contributed by atoms with Crippen LogP contribution in [0.2, 0.25) is 0 Å². The first kappa shape index (κ1) is 12.7. The van der Waals surface area contributed by atoms with Crippen LogP contribution in [0.15, 0.2) is 35.0 Å². The molecule has 1 atom stereocenters. The highest BCUT2D eigenvalue weighted by Crippen LogP contribution is 2.22. The third kappa shape index (κ3) is 2.27. The van der Waals surface area contributed by atoms with Crippen molar-refractivity contribution in [3.63, 3.8) is 0 Å². The average Bonchev–Trinajstić information content (AvgIpc) is 3.14. The smallest absolute Gasteiger partial charge is 0.254 e. The molecule has 7 heteroatoms. The Morgan fingerprint density at radius 2 is 2.30 bits per heavy atom. The van der Waals surface area contributed by atoms with Gasteiger partial charge >= 0.3 is 0 Å². The minimum atomic E-state index is -0.648. The molecule has 1 aromatic carbocycles. The molecule has 0 bridgehead atoms. The number of benzene rings is 1. The second-order valence-electron chi connectivity index (χ2n) is 4.02. The molecule has 3 aromatic rings. The van der Waals surface area contributed by atoms with E-state index in [4.69, 9.17) is 0 Å². The molecule has 0 aliphatic heterocycles. The van der Waals surface area contributed by atoms with Gasteiger partial charge in [-0.25, -0.2) is 0 Å². The van der Waals surface area contributed by atoms with Crippen molar-refractivity contribution in [3.05, 3.63) is 46.2 Å². The van der Waals surface area contributed by atoms with E-state index in [0.717, 1.165) is 10.3 Å². The van der Waals surface area contributed by atoms with Gasteiger partial charge in [0, 0.05) is 0 Å². The number of carbonyl (C=O) groups excluding carboxylic acids is 1. The lowest BCUT2D eigenvalue weighted by molar-refractivity contribution is 0.0947. The Balaban J connectivity index is 1.90. The van der Waals surface area contributed by atoms with Crippen molar-refractivity contribution >= 4 is 39.0 Å². The normalized spacial score (nSPS) is 11.9. The summed E-state index contributed by atoms with van der Waals surface area (Å²) in [7, 11) is 0. The first-order chi connectivity index (χ1) is 9.79. The van der Waals surface area contributed by atoms with Crippen LogP contribution in [0.25, 0.3) is 10.2 Å². The Hall–Kier alpha value is -2.30. The van der Waals surface area contributed by atoms with Gasteiger partial charge in [-0.3, -0.25) is 4.79 Å². The molecule has 1 amide bonds. The zero-order valence-corrected chi connectivity index (χ0v) is 11.7. The van der Waals surface area contributed by atoms with Crippen LogP contribution < -0.4 is 5.32 Å². The third-order valence-electron chi connectivity index (χ3n) is 2.80. The van der Waals surface area contributed by atoms with Crippen molar-refractivity contribution in [1.82, 2.24) is 14.9 Å². The molecular weight excluding hydrogens is 292 g/mol. The van der Waals surface area contributed by atoms with Crippen LogP contribution in [0, 0.1) is 11.3 Å². The maximum Gasteiger partial charge on any atom is 0.254 e. The maximum atomic E-state index is 12.3. The van der Waals surface area contributed by atoms with E-state index in [0.29, 0.717) is 11.1 Å². The molecular formula is C13H8N4OS2. The van der Waals surface area contributed by atoms with Gasteiger partial charge in [-0.05, 0) is 46.1 Å². The number of fused-ring (bicyclic) bond motifs is 1. The topological polar surface area (TPSA) is 78.7 Å². The monoisotopic (exact) mass is 300 g/mol. The predicted molar refractivity (Wildman–Crippen MR) is 77.6 cm³/mol. The molecule has 1 unspecified atom stereocenters. The summed E-state index contributed by atoms with van der Waals surface area (Å²) in [5.74, 6) is -0.292. The van der Waals surface area contributed by atoms with Crippen molar-refractivity contribution in [3.8, 4) is 6.07 Å². The lowest BCUT2D eigenvalue weighted by Gasteiger charge is -2.10. The second kappa shape index (κ2) is 5.36. The van der Waals surface area contributed by atoms with Gasteiger partial charge in [0.2, 0.25) is 0 Å². The molecule has 3 rings (SSSR count). The third-order valence-corrected chi connectivity index (χ3v) is 4.28. The Morgan fingerprint density at radius 1 is 1.40 bits per heavy atom. The largest absolute Gasteiger partial charge is 0.332 e. The Bertz CT molecular complexity index is 788. The van der Waals surface area contributed by atoms with Crippen LogP contribution in [-0.2, 0) is 0 Å². The van der Waals surface area contributed by atoms with E-state index in [9.17, 15) is 10.1 Å². The van der Waals surface area contributed by atoms with E-state index in [1.54, 1.807) is 18.2 Å². The van der Waals surface area contributed by atoms with Crippen LogP contribution in [0.3, 0.4) is 0 Å². The SMILES string of the molecule is N#CC(NC(=O)c1cccc2nnsc12)c1ccsc1. The molecule has 98 valence electrons. The molecule has 20 heavy (non-hydrogen) atoms. The number of nitrogens with zero attached hydrogens (tertiary/aromatic N) is 3. The number of carbonyl (C=O) groups is 1. The van der Waals surface area contributed by atoms with Gasteiger partial charge in [-0.2, -0.15) is 16.6 Å². The summed E-state index contributed by atoms with van der Waals surface area (Å²) in [6.07, 6.45) is 0. The van der Waals surface area contributed by atoms with Gasteiger partial charge in [-0.1, -0.05) is 10.6 Å². The molecule has 0 saturated carbocycles. The van der Waals surface area contributed by atoms with Crippen LogP contribution in [0.5, 0.6) is 0 Å². The van der Waals surface area contributed by atoms with Crippen molar-refractivity contribution in [2.24, 2.45) is 0 Å². The summed E-state index contributed by atoms with van der Waals surface area (Å²) in [6, 6.07) is 8.54. The van der Waals surface area contributed by atoms with Crippen LogP contribution >= 0.6 is 22.9 Å². The van der Waals surface area contributed by atoms with E-state index >= 15 is 0 Å². The molecule has 2 heterocycles. The van der Waals surface area contributed by atoms with Gasteiger partial charge in [0.15, 0.2) is 0 Å². The van der Waals surface area contributed by atoms with E-state index < -0.39 is 6.04 Å². The summed E-state index contributed by atoms with van der Waals surface area (Å²) < 4.78 is 4.57. The number of amides is 1. The summed E-state index contributed by atoms with van der Waals surface area (Å²) >= 11 is 2.66. The van der Waals surface area contributed by atoms with Gasteiger partial charge in [0.1, 0.15) is 11.6 Å². The summed E-state index contributed by atoms with van der Waals surface area (Å²) in [4.78, 5) is 12.3. The fourth-order valence-corrected chi connectivity index (χ4v) is 3.18. The quantitative estimate of drug-likeness (QED) is 0.806. The van der Waals surface area contributed by atoms with E-state index in [1.807, 2.05) is 16.8 Å². The number of hydrogen-bond acceptors (Lipinski definition) is 6. The molecule has 0 aliphatic carbocycles. The molecule has 0 radical (unpaired) electrons. The van der Waals surface area contributed by atoms with Gasteiger partial charge in [0.05, 0.1) is 16.3 Å². The first-order valence-electron chi connectivity index (χ1n) is 5.73. The minimum absolute atomic E-state index is 0.292. The maximum absolute atomic E-state index is 12.3. The molecule has 0 aliphatic rings. The minimum Gasteiger partial charge on any atom is -0.332 e. The predicted octanol–water partition coefficient (Wildman–Crippen LogP) is 2.75. The lowest BCUT2D eigenvalue weighted by Crippen LogP contribution is -2.27. The fraction of sp³-hybridized carbons (Fsp3) is 0.0769. The van der Waals surface area contributed by atoms with Crippen molar-refractivity contribution in [1.29, 1.82) is 5.26 Å². The number of thiophene rings is 1. The Morgan fingerprint density at radius 3 is 3.05 bits per heavy atom. The molecule has 1 N–H and O–H groups in total. The van der Waals surface area contributed by atoms with Gasteiger partial charge in [0.25, 0.3) is 5.91 Å². The fourth-order valence-electron chi connectivity index (χ4n) is 1.82. The molecule has 0 spiro atoms. The van der Waals surface area contributed by atoms with Crippen molar-refractivity contribution in [2.75, 3.05) is 0 Å². The van der Waals surface area contributed by atoms with E-state index in [2.05, 4.69) is 21.0 Å². The van der Waals surface area contributed by atoms with Crippen molar-refractivity contribution in [2.45, 2.75) is 6.04 Å². The average molecular weight is 300 g/mol. The Kier molecular flexibility index (Phi) is 3.41. The summed E-state index contributed by atoms with van der Waals surface area (Å²) in [5.41, 5.74) is 1.97. The highest BCUT2D eigenvalue weighted by atomic mass is 32.1. The molecule has 0 saturated heterocycles. The number of rotatable bonds is 3. The van der Waals surface area contributed by atoms with Crippen LogP contribution in [0.1, 0.15) is 22.0 Å². The number of nitriles is 1. The van der Waals surface area contributed by atoms with E-state index in [1.165, 1.54) is 22.9 Å². The van der Waals surface area contributed by atoms with Gasteiger partial charge in [-0.15, -0.1) is 5.10 Å². The zero-order valence-electron chi connectivity index (χ0n) is 10.1. The molecule has 0 fully saturated rings. The van der Waals surface area contributed by atoms with E-state index in [-0.39, 0.29) is 5.91 Å². The highest BCUT2D eigenvalue weighted by Gasteiger charge is 2.18. The molecule has 5 nitrogen and oxygen atoms in total. The standard InChI is InChI=1S/C13H8N4OS2/c14-6-11(8-4-5-19-7-8)15-13(18)9-2-1-3-10-12(9)20-17-16-10/h1-5,7,11H,(H,15,18). The number of hydrogen-bond donors (Lipinski definition) is 1. The second-order valence-corrected chi connectivity index (χ2v) is 5.55. The highest BCUT2D eigenvalue weighted by molar-refractivity contribution is 7.13. The van der Waals surface area contributed by atoms with Gasteiger partial charge < -0.3 is 5.32 Å². The number of nitrogens with one attached hydrogen (secondary N) is 1. The molecule has 2 aromatic heterocycles. The van der Waals surface area contributed by atoms with Crippen LogP contribution in [-0.4, -0.2) is 15.5 Å².